The minimum atomic E-state index is -3.51. The van der Waals surface area contributed by atoms with Crippen molar-refractivity contribution in [2.75, 3.05) is 18.8 Å². The Hall–Kier alpha value is -1.89. The van der Waals surface area contributed by atoms with E-state index in [0.717, 1.165) is 32.5 Å². The van der Waals surface area contributed by atoms with Crippen molar-refractivity contribution in [3.05, 3.63) is 60.2 Å². The van der Waals surface area contributed by atoms with Crippen molar-refractivity contribution in [1.29, 1.82) is 0 Å². The first-order valence-corrected chi connectivity index (χ1v) is 9.65. The van der Waals surface area contributed by atoms with Crippen LogP contribution in [0.25, 0.3) is 0 Å². The lowest BCUT2D eigenvalue weighted by Gasteiger charge is -2.32. The van der Waals surface area contributed by atoms with Gasteiger partial charge in [0.2, 0.25) is 10.0 Å². The van der Waals surface area contributed by atoms with E-state index < -0.39 is 10.0 Å². The lowest BCUT2D eigenvalue weighted by molar-refractivity contribution is 0.200. The van der Waals surface area contributed by atoms with Gasteiger partial charge in [-0.3, -0.25) is 4.90 Å². The maximum atomic E-state index is 12.4. The van der Waals surface area contributed by atoms with Crippen LogP contribution in [0.1, 0.15) is 18.4 Å². The number of anilines is 1. The number of rotatable bonds is 5. The zero-order valence-electron chi connectivity index (χ0n) is 13.6. The van der Waals surface area contributed by atoms with Gasteiger partial charge in [0.1, 0.15) is 0 Å². The van der Waals surface area contributed by atoms with Crippen molar-refractivity contribution in [3.8, 4) is 0 Å². The number of sulfonamides is 1. The molecule has 6 heteroatoms. The van der Waals surface area contributed by atoms with Gasteiger partial charge in [-0.1, -0.05) is 36.4 Å². The lowest BCUT2D eigenvalue weighted by Crippen LogP contribution is -2.44. The fourth-order valence-corrected chi connectivity index (χ4v) is 4.38. The van der Waals surface area contributed by atoms with E-state index in [-0.39, 0.29) is 10.9 Å². The highest BCUT2D eigenvalue weighted by molar-refractivity contribution is 7.89. The van der Waals surface area contributed by atoms with E-state index >= 15 is 0 Å². The number of hydrogen-bond donors (Lipinski definition) is 2. The van der Waals surface area contributed by atoms with Crippen LogP contribution in [0.2, 0.25) is 0 Å². The van der Waals surface area contributed by atoms with E-state index in [2.05, 4.69) is 21.8 Å². The van der Waals surface area contributed by atoms with E-state index in [1.54, 1.807) is 18.2 Å². The second-order valence-corrected chi connectivity index (χ2v) is 7.94. The zero-order valence-corrected chi connectivity index (χ0v) is 14.4. The smallest absolute Gasteiger partial charge is 0.240 e. The van der Waals surface area contributed by atoms with Crippen LogP contribution in [-0.4, -0.2) is 32.4 Å². The summed E-state index contributed by atoms with van der Waals surface area (Å²) in [4.78, 5) is 2.59. The first kappa shape index (κ1) is 17.0. The largest absolute Gasteiger partial charge is 0.399 e. The molecule has 0 radical (unpaired) electrons. The van der Waals surface area contributed by atoms with Crippen molar-refractivity contribution in [3.63, 3.8) is 0 Å². The van der Waals surface area contributed by atoms with E-state index in [0.29, 0.717) is 5.69 Å². The molecule has 3 rings (SSSR count). The molecule has 1 heterocycles. The number of likely N-dealkylation sites (tertiary alicyclic amines) is 1. The third kappa shape index (κ3) is 4.35. The van der Waals surface area contributed by atoms with Crippen LogP contribution in [-0.2, 0) is 16.6 Å². The minimum absolute atomic E-state index is 0.0246. The topological polar surface area (TPSA) is 75.4 Å². The Kier molecular flexibility index (Phi) is 5.18. The molecule has 24 heavy (non-hydrogen) atoms. The molecule has 0 aliphatic carbocycles. The van der Waals surface area contributed by atoms with Crippen LogP contribution in [0.3, 0.4) is 0 Å². The Bertz CT molecular complexity index is 770. The van der Waals surface area contributed by atoms with Gasteiger partial charge in [0.15, 0.2) is 0 Å². The number of nitrogens with two attached hydrogens (primary N) is 1. The average Bonchev–Trinajstić information content (AvgIpc) is 2.57. The monoisotopic (exact) mass is 345 g/mol. The predicted octanol–water partition coefficient (Wildman–Crippen LogP) is 2.21. The first-order valence-electron chi connectivity index (χ1n) is 8.17. The molecule has 3 N–H and O–H groups in total. The normalized spacial score (nSPS) is 17.0. The van der Waals surface area contributed by atoms with Crippen LogP contribution in [0, 0.1) is 0 Å². The summed E-state index contributed by atoms with van der Waals surface area (Å²) in [6.07, 6.45) is 1.63. The minimum Gasteiger partial charge on any atom is -0.399 e. The second-order valence-electron chi connectivity index (χ2n) is 6.23. The van der Waals surface area contributed by atoms with Crippen LogP contribution in [0.5, 0.6) is 0 Å². The quantitative estimate of drug-likeness (QED) is 0.815. The Balaban J connectivity index is 1.55. The summed E-state index contributed by atoms with van der Waals surface area (Å²) in [5.74, 6) is 0. The maximum absolute atomic E-state index is 12.4. The number of nitrogen functional groups attached to an aromatic ring is 1. The third-order valence-corrected chi connectivity index (χ3v) is 5.84. The standard InChI is InChI=1S/C18H23N3O2S/c19-16-7-4-8-18(13-16)24(22,23)20-17-9-11-21(12-10-17)14-15-5-2-1-3-6-15/h1-8,13,17,20H,9-12,14,19H2. The number of nitrogens with zero attached hydrogens (tertiary/aromatic N) is 1. The molecule has 128 valence electrons. The van der Waals surface area contributed by atoms with Gasteiger partial charge in [0.05, 0.1) is 4.90 Å². The number of benzene rings is 2. The molecule has 5 nitrogen and oxygen atoms in total. The average molecular weight is 345 g/mol. The Labute approximate surface area is 143 Å². The van der Waals surface area contributed by atoms with Gasteiger partial charge >= 0.3 is 0 Å². The first-order chi connectivity index (χ1) is 11.5. The molecule has 1 aliphatic rings. The summed E-state index contributed by atoms with van der Waals surface area (Å²) in [6, 6.07) is 16.7. The molecule has 0 atom stereocenters. The number of piperidine rings is 1. The Morgan fingerprint density at radius 2 is 1.75 bits per heavy atom. The van der Waals surface area contributed by atoms with Gasteiger partial charge in [0.25, 0.3) is 0 Å². The van der Waals surface area contributed by atoms with Crippen molar-refractivity contribution in [1.82, 2.24) is 9.62 Å². The molecular formula is C18H23N3O2S. The Morgan fingerprint density at radius 3 is 2.42 bits per heavy atom. The molecule has 0 saturated carbocycles. The van der Waals surface area contributed by atoms with Gasteiger partial charge in [0, 0.05) is 31.4 Å². The molecule has 0 aromatic heterocycles. The molecule has 1 fully saturated rings. The Morgan fingerprint density at radius 1 is 1.04 bits per heavy atom. The SMILES string of the molecule is Nc1cccc(S(=O)(=O)NC2CCN(Cc3ccccc3)CC2)c1. The molecule has 0 amide bonds. The molecule has 1 aliphatic heterocycles. The van der Waals surface area contributed by atoms with Gasteiger partial charge in [-0.25, -0.2) is 13.1 Å². The summed E-state index contributed by atoms with van der Waals surface area (Å²) in [5.41, 5.74) is 7.42. The van der Waals surface area contributed by atoms with Gasteiger partial charge in [-0.2, -0.15) is 0 Å². The van der Waals surface area contributed by atoms with E-state index in [1.807, 2.05) is 18.2 Å². The van der Waals surface area contributed by atoms with Gasteiger partial charge in [-0.05, 0) is 36.6 Å². The van der Waals surface area contributed by atoms with Crippen LogP contribution >= 0.6 is 0 Å². The van der Waals surface area contributed by atoms with Crippen molar-refractivity contribution in [2.45, 2.75) is 30.3 Å². The maximum Gasteiger partial charge on any atom is 0.240 e. The zero-order chi connectivity index (χ0) is 17.0. The number of hydrogen-bond acceptors (Lipinski definition) is 4. The van der Waals surface area contributed by atoms with E-state index in [1.165, 1.54) is 11.6 Å². The second kappa shape index (κ2) is 7.34. The highest BCUT2D eigenvalue weighted by Gasteiger charge is 2.24. The summed E-state index contributed by atoms with van der Waals surface area (Å²) >= 11 is 0. The molecular weight excluding hydrogens is 322 g/mol. The number of nitrogens with one attached hydrogen (secondary N) is 1. The predicted molar refractivity (Wildman–Crippen MR) is 95.9 cm³/mol. The third-order valence-electron chi connectivity index (χ3n) is 4.33. The molecule has 0 spiro atoms. The van der Waals surface area contributed by atoms with Crippen LogP contribution in [0.4, 0.5) is 5.69 Å². The van der Waals surface area contributed by atoms with Gasteiger partial charge in [-0.15, -0.1) is 0 Å². The lowest BCUT2D eigenvalue weighted by atomic mass is 10.1. The molecule has 2 aromatic carbocycles. The summed E-state index contributed by atoms with van der Waals surface area (Å²) in [6.45, 7) is 2.69. The van der Waals surface area contributed by atoms with E-state index in [9.17, 15) is 8.42 Å². The van der Waals surface area contributed by atoms with Crippen molar-refractivity contribution >= 4 is 15.7 Å². The summed E-state index contributed by atoms with van der Waals surface area (Å²) in [5, 5.41) is 0. The highest BCUT2D eigenvalue weighted by Crippen LogP contribution is 2.18. The van der Waals surface area contributed by atoms with E-state index in [4.69, 9.17) is 5.73 Å². The molecule has 2 aromatic rings. The summed E-state index contributed by atoms with van der Waals surface area (Å²) < 4.78 is 27.7. The van der Waals surface area contributed by atoms with Gasteiger partial charge < -0.3 is 5.73 Å². The van der Waals surface area contributed by atoms with Crippen molar-refractivity contribution < 1.29 is 8.42 Å². The van der Waals surface area contributed by atoms with Crippen LogP contribution < -0.4 is 10.5 Å². The molecule has 0 unspecified atom stereocenters. The van der Waals surface area contributed by atoms with Crippen LogP contribution in [0.15, 0.2) is 59.5 Å². The molecule has 1 saturated heterocycles. The fourth-order valence-electron chi connectivity index (χ4n) is 3.02. The fraction of sp³-hybridized carbons (Fsp3) is 0.333. The summed E-state index contributed by atoms with van der Waals surface area (Å²) in [7, 11) is -3.51. The van der Waals surface area contributed by atoms with Crippen molar-refractivity contribution in [2.24, 2.45) is 0 Å². The highest BCUT2D eigenvalue weighted by atomic mass is 32.2. The molecule has 0 bridgehead atoms.